The Hall–Kier alpha value is -1.59. The van der Waals surface area contributed by atoms with Crippen LogP contribution in [0.4, 0.5) is 11.9 Å². The van der Waals surface area contributed by atoms with Crippen LogP contribution in [0.25, 0.3) is 11.4 Å². The van der Waals surface area contributed by atoms with Crippen LogP contribution in [0, 0.1) is 0 Å². The van der Waals surface area contributed by atoms with E-state index >= 15 is 0 Å². The highest BCUT2D eigenvalue weighted by Crippen LogP contribution is 2.29. The molecule has 110 valence electrons. The summed E-state index contributed by atoms with van der Waals surface area (Å²) in [5.74, 6) is 1.78. The van der Waals surface area contributed by atoms with E-state index in [1.807, 2.05) is 6.07 Å². The van der Waals surface area contributed by atoms with E-state index in [1.54, 1.807) is 19.2 Å². The third-order valence-electron chi connectivity index (χ3n) is 3.41. The SMILES string of the molecule is CNc1nc(-c2ccc(Cl)cc2Cl)nc(N2CCCC2)n1. The molecule has 0 bridgehead atoms. The summed E-state index contributed by atoms with van der Waals surface area (Å²) in [5.41, 5.74) is 0.750. The van der Waals surface area contributed by atoms with Crippen molar-refractivity contribution in [1.29, 1.82) is 0 Å². The molecule has 7 heteroatoms. The lowest BCUT2D eigenvalue weighted by molar-refractivity contribution is 0.885. The number of anilines is 2. The zero-order valence-electron chi connectivity index (χ0n) is 11.6. The third-order valence-corrected chi connectivity index (χ3v) is 3.96. The average molecular weight is 324 g/mol. The Morgan fingerprint density at radius 3 is 2.52 bits per heavy atom. The van der Waals surface area contributed by atoms with Gasteiger partial charge < -0.3 is 10.2 Å². The van der Waals surface area contributed by atoms with Gasteiger partial charge in [0.2, 0.25) is 11.9 Å². The van der Waals surface area contributed by atoms with E-state index < -0.39 is 0 Å². The number of hydrogen-bond donors (Lipinski definition) is 1. The van der Waals surface area contributed by atoms with Gasteiger partial charge in [-0.2, -0.15) is 15.0 Å². The second kappa shape index (κ2) is 6.03. The Bertz CT molecular complexity index is 656. The van der Waals surface area contributed by atoms with Crippen molar-refractivity contribution >= 4 is 35.1 Å². The van der Waals surface area contributed by atoms with Crippen molar-refractivity contribution in [3.63, 3.8) is 0 Å². The molecule has 0 spiro atoms. The van der Waals surface area contributed by atoms with E-state index in [0.29, 0.717) is 27.8 Å². The third kappa shape index (κ3) is 3.04. The summed E-state index contributed by atoms with van der Waals surface area (Å²) in [6.45, 7) is 1.95. The second-order valence-corrected chi connectivity index (χ2v) is 5.69. The van der Waals surface area contributed by atoms with Gasteiger partial charge in [0.05, 0.1) is 5.02 Å². The lowest BCUT2D eigenvalue weighted by Gasteiger charge is -2.16. The maximum absolute atomic E-state index is 6.25. The van der Waals surface area contributed by atoms with E-state index in [-0.39, 0.29) is 0 Å². The average Bonchev–Trinajstić information content (AvgIpc) is 3.01. The first-order chi connectivity index (χ1) is 10.2. The van der Waals surface area contributed by atoms with E-state index in [4.69, 9.17) is 23.2 Å². The molecule has 0 aliphatic carbocycles. The van der Waals surface area contributed by atoms with Gasteiger partial charge in [-0.15, -0.1) is 0 Å². The van der Waals surface area contributed by atoms with Crippen LogP contribution in [0.15, 0.2) is 18.2 Å². The first-order valence-corrected chi connectivity index (χ1v) is 7.57. The number of hydrogen-bond acceptors (Lipinski definition) is 5. The molecule has 2 heterocycles. The minimum atomic E-state index is 0.531. The van der Waals surface area contributed by atoms with Crippen LogP contribution >= 0.6 is 23.2 Å². The Morgan fingerprint density at radius 2 is 1.86 bits per heavy atom. The highest BCUT2D eigenvalue weighted by Gasteiger charge is 2.18. The maximum atomic E-state index is 6.25. The van der Waals surface area contributed by atoms with Crippen LogP contribution in [-0.4, -0.2) is 35.1 Å². The predicted octanol–water partition coefficient (Wildman–Crippen LogP) is 3.49. The number of benzene rings is 1. The molecule has 0 radical (unpaired) electrons. The lowest BCUT2D eigenvalue weighted by atomic mass is 10.2. The quantitative estimate of drug-likeness (QED) is 0.937. The van der Waals surface area contributed by atoms with Gasteiger partial charge in [-0.05, 0) is 31.0 Å². The van der Waals surface area contributed by atoms with Crippen molar-refractivity contribution in [2.75, 3.05) is 30.4 Å². The van der Waals surface area contributed by atoms with Gasteiger partial charge in [0.25, 0.3) is 0 Å². The number of rotatable bonds is 3. The molecule has 1 aromatic carbocycles. The molecule has 1 fully saturated rings. The Morgan fingerprint density at radius 1 is 1.10 bits per heavy atom. The Balaban J connectivity index is 2.06. The molecule has 1 N–H and O–H groups in total. The normalized spacial score (nSPS) is 14.5. The molecule has 5 nitrogen and oxygen atoms in total. The largest absolute Gasteiger partial charge is 0.357 e. The molecular formula is C14H15Cl2N5. The van der Waals surface area contributed by atoms with Crippen molar-refractivity contribution in [2.24, 2.45) is 0 Å². The molecule has 0 saturated carbocycles. The van der Waals surface area contributed by atoms with Crippen LogP contribution < -0.4 is 10.2 Å². The van der Waals surface area contributed by atoms with Gasteiger partial charge in [-0.1, -0.05) is 23.2 Å². The van der Waals surface area contributed by atoms with Crippen LogP contribution in [-0.2, 0) is 0 Å². The summed E-state index contributed by atoms with van der Waals surface area (Å²) in [7, 11) is 1.79. The minimum absolute atomic E-state index is 0.531. The number of nitrogens with one attached hydrogen (secondary N) is 1. The monoisotopic (exact) mass is 323 g/mol. The summed E-state index contributed by atoms with van der Waals surface area (Å²) in [5, 5.41) is 4.09. The fourth-order valence-corrected chi connectivity index (χ4v) is 2.82. The first-order valence-electron chi connectivity index (χ1n) is 6.81. The molecule has 1 aliphatic rings. The molecule has 3 rings (SSSR count). The van der Waals surface area contributed by atoms with Crippen molar-refractivity contribution in [3.05, 3.63) is 28.2 Å². The predicted molar refractivity (Wildman–Crippen MR) is 86.3 cm³/mol. The molecular weight excluding hydrogens is 309 g/mol. The molecule has 1 aromatic heterocycles. The van der Waals surface area contributed by atoms with Gasteiger partial charge in [0.15, 0.2) is 5.82 Å². The highest BCUT2D eigenvalue weighted by molar-refractivity contribution is 6.36. The molecule has 0 atom stereocenters. The molecule has 1 saturated heterocycles. The number of halogens is 2. The van der Waals surface area contributed by atoms with Crippen LogP contribution in [0.2, 0.25) is 10.0 Å². The number of nitrogens with zero attached hydrogens (tertiary/aromatic N) is 4. The smallest absolute Gasteiger partial charge is 0.230 e. The number of aromatic nitrogens is 3. The Labute approximate surface area is 133 Å². The topological polar surface area (TPSA) is 53.9 Å². The summed E-state index contributed by atoms with van der Waals surface area (Å²) in [6.07, 6.45) is 2.33. The van der Waals surface area contributed by atoms with Crippen molar-refractivity contribution < 1.29 is 0 Å². The fourth-order valence-electron chi connectivity index (χ4n) is 2.33. The van der Waals surface area contributed by atoms with Crippen LogP contribution in [0.5, 0.6) is 0 Å². The summed E-state index contributed by atoms with van der Waals surface area (Å²) < 4.78 is 0. The second-order valence-electron chi connectivity index (χ2n) is 4.85. The zero-order chi connectivity index (χ0) is 14.8. The Kier molecular flexibility index (Phi) is 4.12. The molecule has 0 amide bonds. The van der Waals surface area contributed by atoms with Gasteiger partial charge in [0, 0.05) is 30.7 Å². The van der Waals surface area contributed by atoms with Crippen molar-refractivity contribution in [3.8, 4) is 11.4 Å². The summed E-state index contributed by atoms with van der Waals surface area (Å²) in [4.78, 5) is 15.5. The lowest BCUT2D eigenvalue weighted by Crippen LogP contribution is -2.21. The molecule has 0 unspecified atom stereocenters. The van der Waals surface area contributed by atoms with E-state index in [1.165, 1.54) is 0 Å². The van der Waals surface area contributed by atoms with Gasteiger partial charge >= 0.3 is 0 Å². The molecule has 21 heavy (non-hydrogen) atoms. The van der Waals surface area contributed by atoms with E-state index in [9.17, 15) is 0 Å². The van der Waals surface area contributed by atoms with E-state index in [2.05, 4.69) is 25.2 Å². The van der Waals surface area contributed by atoms with Gasteiger partial charge in [-0.25, -0.2) is 0 Å². The fraction of sp³-hybridized carbons (Fsp3) is 0.357. The van der Waals surface area contributed by atoms with Crippen molar-refractivity contribution in [2.45, 2.75) is 12.8 Å². The van der Waals surface area contributed by atoms with Gasteiger partial charge in [-0.3, -0.25) is 0 Å². The zero-order valence-corrected chi connectivity index (χ0v) is 13.1. The molecule has 1 aliphatic heterocycles. The maximum Gasteiger partial charge on any atom is 0.230 e. The van der Waals surface area contributed by atoms with Crippen LogP contribution in [0.1, 0.15) is 12.8 Å². The standard InChI is InChI=1S/C14H15Cl2N5/c1-17-13-18-12(10-5-4-9(15)8-11(10)16)19-14(20-13)21-6-2-3-7-21/h4-5,8H,2-3,6-7H2,1H3,(H,17,18,19,20). The van der Waals surface area contributed by atoms with Gasteiger partial charge in [0.1, 0.15) is 0 Å². The summed E-state index contributed by atoms with van der Waals surface area (Å²) >= 11 is 12.2. The van der Waals surface area contributed by atoms with Crippen molar-refractivity contribution in [1.82, 2.24) is 15.0 Å². The van der Waals surface area contributed by atoms with E-state index in [0.717, 1.165) is 31.5 Å². The summed E-state index contributed by atoms with van der Waals surface area (Å²) in [6, 6.07) is 5.30. The first kappa shape index (κ1) is 14.4. The highest BCUT2D eigenvalue weighted by atomic mass is 35.5. The minimum Gasteiger partial charge on any atom is -0.357 e. The van der Waals surface area contributed by atoms with Crippen LogP contribution in [0.3, 0.4) is 0 Å². The molecule has 2 aromatic rings.